The number of ether oxygens (including phenoxy) is 2. The highest BCUT2D eigenvalue weighted by atomic mass is 16.5. The van der Waals surface area contributed by atoms with Gasteiger partial charge in [0.25, 0.3) is 5.91 Å². The number of benzene rings is 2. The summed E-state index contributed by atoms with van der Waals surface area (Å²) in [6.45, 7) is 17.0. The molecule has 2 aliphatic rings. The number of nitrogens with two attached hydrogens (primary N) is 1. The Kier molecular flexibility index (Phi) is 32.8. The molecule has 2 aromatic carbocycles. The highest BCUT2D eigenvalue weighted by Gasteiger charge is 2.41. The number of aryl methyl sites for hydroxylation is 2. The third-order valence-corrected chi connectivity index (χ3v) is 14.3. The number of phenolic OH excluding ortho intramolecular Hbond substituents is 2. The van der Waals surface area contributed by atoms with E-state index in [1.165, 1.54) is 180 Å². The van der Waals surface area contributed by atoms with Crippen LogP contribution in [-0.4, -0.2) is 51.5 Å². The monoisotopic (exact) mass is 964 g/mol. The number of carbonyl (C=O) groups excluding carboxylic acids is 1. The zero-order chi connectivity index (χ0) is 52.2. The van der Waals surface area contributed by atoms with Crippen molar-refractivity contribution in [3.8, 4) is 35.8 Å². The Labute approximate surface area is 423 Å². The second kappa shape index (κ2) is 37.0. The van der Waals surface area contributed by atoms with Gasteiger partial charge in [-0.25, -0.2) is 4.79 Å². The number of terminal acetylenes is 1. The molecule has 6 N–H and O–H groups in total. The number of carboxylic acids is 1. The molecule has 1 amide bonds. The highest BCUT2D eigenvalue weighted by Crippen LogP contribution is 2.41. The number of aliphatic carboxylic acids is 1. The summed E-state index contributed by atoms with van der Waals surface area (Å²) in [6, 6.07) is 3.56. The van der Waals surface area contributed by atoms with E-state index in [2.05, 4.69) is 25.6 Å². The second-order valence-corrected chi connectivity index (χ2v) is 20.5. The van der Waals surface area contributed by atoms with E-state index in [1.54, 1.807) is 19.9 Å². The van der Waals surface area contributed by atoms with Crippen molar-refractivity contribution in [3.05, 3.63) is 45.5 Å². The van der Waals surface area contributed by atoms with Crippen LogP contribution in [0.5, 0.6) is 23.0 Å². The number of unbranched alkanes of at least 4 members (excludes halogenated alkanes) is 26. The van der Waals surface area contributed by atoms with Crippen molar-refractivity contribution in [1.82, 2.24) is 5.32 Å². The van der Waals surface area contributed by atoms with Gasteiger partial charge in [0, 0.05) is 30.5 Å². The van der Waals surface area contributed by atoms with Crippen LogP contribution in [0.25, 0.3) is 0 Å². The quantitative estimate of drug-likeness (QED) is 0.0370. The number of rotatable bonds is 31. The Bertz CT molecular complexity index is 1780. The summed E-state index contributed by atoms with van der Waals surface area (Å²) in [5, 5.41) is 32.2. The molecule has 0 radical (unpaired) electrons. The molecule has 2 heterocycles. The Morgan fingerprint density at radius 3 is 1.23 bits per heavy atom. The largest absolute Gasteiger partial charge is 0.507 e. The molecule has 2 atom stereocenters. The van der Waals surface area contributed by atoms with E-state index in [1.807, 2.05) is 33.8 Å². The minimum atomic E-state index is -1.16. The summed E-state index contributed by atoms with van der Waals surface area (Å²) < 4.78 is 17.5. The molecule has 0 spiro atoms. The fraction of sp³-hybridized carbons (Fsp3) is 0.733. The molecule has 0 saturated heterocycles. The van der Waals surface area contributed by atoms with Gasteiger partial charge < -0.3 is 35.8 Å². The van der Waals surface area contributed by atoms with Gasteiger partial charge in [0.05, 0.1) is 0 Å². The van der Waals surface area contributed by atoms with Crippen LogP contribution in [0.1, 0.15) is 255 Å². The van der Waals surface area contributed by atoms with Crippen LogP contribution in [0.2, 0.25) is 0 Å². The van der Waals surface area contributed by atoms with Gasteiger partial charge in [-0.1, -0.05) is 181 Å². The molecule has 0 aliphatic carbocycles. The number of fused-ring (bicyclic) bond motifs is 2. The summed E-state index contributed by atoms with van der Waals surface area (Å²) in [5.74, 6) is 0.949. The van der Waals surface area contributed by atoms with Gasteiger partial charge in [0.15, 0.2) is 5.60 Å². The number of aromatic hydroxyl groups is 2. The normalized spacial score (nSPS) is 16.8. The molecule has 0 bridgehead atoms. The lowest BCUT2D eigenvalue weighted by Crippen LogP contribution is -2.51. The van der Waals surface area contributed by atoms with Gasteiger partial charge in [-0.2, -0.15) is 0 Å². The molecule has 4 rings (SSSR count). The minimum absolute atomic E-state index is 0.0220. The van der Waals surface area contributed by atoms with E-state index in [0.717, 1.165) is 59.5 Å². The number of nitrogens with one attached hydrogen (secondary N) is 1. The number of carboxylic acid groups (broad SMARTS) is 1. The van der Waals surface area contributed by atoms with E-state index in [9.17, 15) is 19.8 Å². The standard InChI is InChI=1S/C29H49NO3.C16H35N.C13H16O4.C2H2/c1-5-6-7-8-9-10-11-12-13-14-15-16-17-18-21-30-28(32)29(4)20-19-25-24(3)27(31)23(2)22-26(25)33-29;1-2-3-4-5-6-7-8-9-10-11-12-13-14-15-16-17;1-7-6-10-9(8(2)11(7)14)4-5-13(3,17-10)12(15)16;1-2/h22,31H,5-21H2,1-4H3,(H,30,32);2-17H2,1H3;6,14H,4-5H2,1-3H3,(H,15,16);1-2H/t29-;;13-;/m1.1./s1/i;;;1D. The second-order valence-electron chi connectivity index (χ2n) is 20.5. The first-order chi connectivity index (χ1) is 33.6. The maximum absolute atomic E-state index is 12.8. The van der Waals surface area contributed by atoms with Gasteiger partial charge in [-0.05, 0) is 108 Å². The van der Waals surface area contributed by atoms with Crippen molar-refractivity contribution in [2.75, 3.05) is 13.1 Å². The Hall–Kier alpha value is -3.90. The molecular weight excluding hydrogens is 861 g/mol. The minimum Gasteiger partial charge on any atom is -0.507 e. The molecule has 69 heavy (non-hydrogen) atoms. The third kappa shape index (κ3) is 24.2. The Morgan fingerprint density at radius 1 is 0.594 bits per heavy atom. The maximum Gasteiger partial charge on any atom is 0.347 e. The van der Waals surface area contributed by atoms with Crippen LogP contribution in [0.4, 0.5) is 0 Å². The average molecular weight is 964 g/mol. The lowest BCUT2D eigenvalue weighted by molar-refractivity contribution is -0.155. The summed E-state index contributed by atoms with van der Waals surface area (Å²) in [5.41, 5.74) is 8.55. The van der Waals surface area contributed by atoms with Crippen LogP contribution in [0, 0.1) is 40.5 Å². The first-order valence-corrected chi connectivity index (χ1v) is 27.7. The molecule has 2 aromatic rings. The fourth-order valence-electron chi connectivity index (χ4n) is 9.43. The fourth-order valence-corrected chi connectivity index (χ4v) is 9.43. The predicted molar refractivity (Wildman–Crippen MR) is 290 cm³/mol. The van der Waals surface area contributed by atoms with Crippen LogP contribution in [-0.2, 0) is 22.4 Å². The molecule has 0 unspecified atom stereocenters. The Balaban J connectivity index is 0.000000557. The van der Waals surface area contributed by atoms with E-state index in [4.69, 9.17) is 21.7 Å². The lowest BCUT2D eigenvalue weighted by Gasteiger charge is -2.35. The van der Waals surface area contributed by atoms with Crippen molar-refractivity contribution in [3.63, 3.8) is 0 Å². The zero-order valence-electron chi connectivity index (χ0n) is 46.3. The molecule has 2 aliphatic heterocycles. The van der Waals surface area contributed by atoms with E-state index in [0.29, 0.717) is 36.3 Å². The summed E-state index contributed by atoms with van der Waals surface area (Å²) >= 11 is 0. The number of hydrogen-bond acceptors (Lipinski definition) is 7. The SMILES string of the molecule is CCCCCCCCCCCCCCCCN.CCCCCCCCCCCCCCCCNC(=O)[C@@]1(C)CCc2c(cc(C)c(O)c2C)O1.Cc1cc2c(c(C)c1O)CC[C@](C)(C(=O)O)O2.[2H]C#C. The highest BCUT2D eigenvalue weighted by molar-refractivity contribution is 5.85. The zero-order valence-corrected chi connectivity index (χ0v) is 45.3. The van der Waals surface area contributed by atoms with Crippen molar-refractivity contribution in [1.29, 1.82) is 0 Å². The van der Waals surface area contributed by atoms with Crippen molar-refractivity contribution in [2.24, 2.45) is 5.73 Å². The lowest BCUT2D eigenvalue weighted by atomic mass is 9.88. The summed E-state index contributed by atoms with van der Waals surface area (Å²) in [6.07, 6.45) is 46.8. The summed E-state index contributed by atoms with van der Waals surface area (Å²) in [4.78, 5) is 24.0. The van der Waals surface area contributed by atoms with Gasteiger partial charge in [0.2, 0.25) is 5.60 Å². The molecular formula is C60H102N2O7. The predicted octanol–water partition coefficient (Wildman–Crippen LogP) is 15.5. The topological polar surface area (TPSA) is 151 Å². The van der Waals surface area contributed by atoms with Crippen molar-refractivity contribution in [2.45, 2.75) is 272 Å². The van der Waals surface area contributed by atoms with Crippen LogP contribution in [0.15, 0.2) is 12.1 Å². The van der Waals surface area contributed by atoms with Crippen molar-refractivity contribution < 1.29 is 35.8 Å². The maximum atomic E-state index is 12.8. The molecule has 394 valence electrons. The first-order valence-electron chi connectivity index (χ1n) is 28.2. The molecule has 9 nitrogen and oxygen atoms in total. The number of hydrogen-bond donors (Lipinski definition) is 5. The van der Waals surface area contributed by atoms with Gasteiger partial charge in [-0.15, -0.1) is 12.8 Å². The van der Waals surface area contributed by atoms with E-state index in [-0.39, 0.29) is 11.7 Å². The summed E-state index contributed by atoms with van der Waals surface area (Å²) in [7, 11) is 0. The Morgan fingerprint density at radius 2 is 0.899 bits per heavy atom. The number of phenols is 2. The number of amides is 1. The van der Waals surface area contributed by atoms with E-state index >= 15 is 0 Å². The average Bonchev–Trinajstić information content (AvgIpc) is 3.33. The molecule has 0 saturated carbocycles. The number of carbonyl (C=O) groups is 2. The van der Waals surface area contributed by atoms with Crippen LogP contribution in [0.3, 0.4) is 0 Å². The van der Waals surface area contributed by atoms with E-state index < -0.39 is 17.2 Å². The first kappa shape index (κ1) is 61.2. The van der Waals surface area contributed by atoms with Gasteiger partial charge in [0.1, 0.15) is 24.4 Å². The molecule has 9 heteroatoms. The van der Waals surface area contributed by atoms with Crippen molar-refractivity contribution >= 4 is 11.9 Å². The smallest absolute Gasteiger partial charge is 0.347 e. The van der Waals surface area contributed by atoms with Crippen LogP contribution < -0.4 is 20.5 Å². The third-order valence-electron chi connectivity index (χ3n) is 14.3. The van der Waals surface area contributed by atoms with Crippen LogP contribution >= 0.6 is 0 Å². The molecule has 0 fully saturated rings. The van der Waals surface area contributed by atoms with Gasteiger partial charge >= 0.3 is 5.97 Å². The molecule has 0 aromatic heterocycles. The van der Waals surface area contributed by atoms with Gasteiger partial charge in [-0.3, -0.25) is 4.79 Å².